The van der Waals surface area contributed by atoms with Gasteiger partial charge in [0.25, 0.3) is 0 Å². The van der Waals surface area contributed by atoms with E-state index in [9.17, 15) is 13.2 Å². The molecule has 8 heteroatoms. The Kier molecular flexibility index (Phi) is 6.52. The number of rotatable bonds is 7. The molecule has 23 heavy (non-hydrogen) atoms. The first-order chi connectivity index (χ1) is 11.0. The van der Waals surface area contributed by atoms with E-state index in [2.05, 4.69) is 14.9 Å². The van der Waals surface area contributed by atoms with Gasteiger partial charge < -0.3 is 10.1 Å². The molecule has 1 heterocycles. The summed E-state index contributed by atoms with van der Waals surface area (Å²) in [5.74, 6) is -0.339. The van der Waals surface area contributed by atoms with E-state index in [0.29, 0.717) is 19.8 Å². The smallest absolute Gasteiger partial charge is 0.241 e. The van der Waals surface area contributed by atoms with Crippen LogP contribution in [0.1, 0.15) is 5.56 Å². The van der Waals surface area contributed by atoms with Gasteiger partial charge in [0.15, 0.2) is 0 Å². The van der Waals surface area contributed by atoms with Crippen LogP contribution in [0.4, 0.5) is 0 Å². The second kappa shape index (κ2) is 8.39. The van der Waals surface area contributed by atoms with Gasteiger partial charge in [-0.25, -0.2) is 13.1 Å². The van der Waals surface area contributed by atoms with E-state index >= 15 is 0 Å². The maximum absolute atomic E-state index is 12.1. The molecule has 0 saturated carbocycles. The van der Waals surface area contributed by atoms with E-state index in [0.717, 1.165) is 25.2 Å². The van der Waals surface area contributed by atoms with Crippen molar-refractivity contribution in [3.8, 4) is 0 Å². The number of carbonyl (C=O) groups excluding carboxylic acids is 1. The lowest BCUT2D eigenvalue weighted by atomic mass is 10.2. The summed E-state index contributed by atoms with van der Waals surface area (Å²) in [6, 6.07) is 6.48. The van der Waals surface area contributed by atoms with Crippen LogP contribution in [0, 0.1) is 6.92 Å². The van der Waals surface area contributed by atoms with Crippen LogP contribution in [0.25, 0.3) is 0 Å². The molecule has 0 radical (unpaired) electrons. The summed E-state index contributed by atoms with van der Waals surface area (Å²) in [5.41, 5.74) is 0.977. The highest BCUT2D eigenvalue weighted by Crippen LogP contribution is 2.09. The monoisotopic (exact) mass is 341 g/mol. The van der Waals surface area contributed by atoms with Crippen LogP contribution in [0.2, 0.25) is 0 Å². The van der Waals surface area contributed by atoms with Crippen LogP contribution in [0.5, 0.6) is 0 Å². The van der Waals surface area contributed by atoms with E-state index in [1.54, 1.807) is 12.1 Å². The highest BCUT2D eigenvalue weighted by Gasteiger charge is 2.15. The Morgan fingerprint density at radius 3 is 2.52 bits per heavy atom. The van der Waals surface area contributed by atoms with Gasteiger partial charge in [0.1, 0.15) is 0 Å². The molecule has 7 nitrogen and oxygen atoms in total. The number of sulfonamides is 1. The third kappa shape index (κ3) is 5.91. The van der Waals surface area contributed by atoms with Gasteiger partial charge in [0.2, 0.25) is 15.9 Å². The maximum atomic E-state index is 12.1. The van der Waals surface area contributed by atoms with Crippen molar-refractivity contribution in [3.63, 3.8) is 0 Å². The molecule has 0 aliphatic carbocycles. The van der Waals surface area contributed by atoms with E-state index < -0.39 is 10.0 Å². The zero-order valence-electron chi connectivity index (χ0n) is 13.2. The zero-order chi connectivity index (χ0) is 16.7. The number of nitrogens with zero attached hydrogens (tertiary/aromatic N) is 1. The lowest BCUT2D eigenvalue weighted by Gasteiger charge is -2.26. The number of morpholine rings is 1. The first kappa shape index (κ1) is 17.9. The number of nitrogens with one attached hydrogen (secondary N) is 2. The molecular formula is C15H23N3O4S. The molecule has 0 atom stereocenters. The number of carbonyl (C=O) groups is 1. The molecule has 1 saturated heterocycles. The second-order valence-corrected chi connectivity index (χ2v) is 7.21. The van der Waals surface area contributed by atoms with Gasteiger partial charge in [0, 0.05) is 26.2 Å². The van der Waals surface area contributed by atoms with E-state index in [-0.39, 0.29) is 17.3 Å². The molecule has 1 aromatic carbocycles. The van der Waals surface area contributed by atoms with Crippen LogP contribution in [0.3, 0.4) is 0 Å². The Balaban J connectivity index is 1.71. The molecule has 0 unspecified atom stereocenters. The zero-order valence-corrected chi connectivity index (χ0v) is 14.1. The van der Waals surface area contributed by atoms with Crippen molar-refractivity contribution in [2.75, 3.05) is 45.9 Å². The summed E-state index contributed by atoms with van der Waals surface area (Å²) in [6.07, 6.45) is 0. The molecule has 0 spiro atoms. The van der Waals surface area contributed by atoms with Crippen LogP contribution >= 0.6 is 0 Å². The average Bonchev–Trinajstić information content (AvgIpc) is 2.54. The maximum Gasteiger partial charge on any atom is 0.241 e. The minimum absolute atomic E-state index is 0.157. The average molecular weight is 341 g/mol. The molecule has 0 bridgehead atoms. The Bertz CT molecular complexity index is 610. The van der Waals surface area contributed by atoms with Crippen LogP contribution < -0.4 is 10.0 Å². The lowest BCUT2D eigenvalue weighted by Crippen LogP contribution is -2.43. The normalized spacial score (nSPS) is 16.2. The summed E-state index contributed by atoms with van der Waals surface area (Å²) in [7, 11) is -3.66. The number of benzene rings is 1. The van der Waals surface area contributed by atoms with Crippen molar-refractivity contribution in [2.24, 2.45) is 0 Å². The Labute approximate surface area is 137 Å². The SMILES string of the molecule is Cc1ccc(S(=O)(=O)NCC(=O)NCCN2CCOCC2)cc1. The summed E-state index contributed by atoms with van der Waals surface area (Å²) in [6.45, 7) is 5.98. The predicted molar refractivity (Wildman–Crippen MR) is 86.6 cm³/mol. The van der Waals surface area contributed by atoms with Gasteiger partial charge in [-0.3, -0.25) is 9.69 Å². The molecule has 1 aromatic rings. The fourth-order valence-corrected chi connectivity index (χ4v) is 3.18. The number of aryl methyl sites for hydroxylation is 1. The quantitative estimate of drug-likeness (QED) is 0.712. The van der Waals surface area contributed by atoms with Crippen LogP contribution in [-0.4, -0.2) is 65.2 Å². The standard InChI is InChI=1S/C15H23N3O4S/c1-13-2-4-14(5-3-13)23(20,21)17-12-15(19)16-6-7-18-8-10-22-11-9-18/h2-5,17H,6-12H2,1H3,(H,16,19). The van der Waals surface area contributed by atoms with Gasteiger partial charge in [-0.1, -0.05) is 17.7 Å². The van der Waals surface area contributed by atoms with Gasteiger partial charge in [-0.15, -0.1) is 0 Å². The van der Waals surface area contributed by atoms with E-state index in [1.807, 2.05) is 6.92 Å². The molecule has 1 aliphatic rings. The summed E-state index contributed by atoms with van der Waals surface area (Å²) >= 11 is 0. The fourth-order valence-electron chi connectivity index (χ4n) is 2.20. The first-order valence-corrected chi connectivity index (χ1v) is 9.09. The molecule has 1 aliphatic heterocycles. The Morgan fingerprint density at radius 2 is 1.87 bits per heavy atom. The predicted octanol–water partition coefficient (Wildman–Crippen LogP) is -0.278. The third-order valence-electron chi connectivity index (χ3n) is 3.61. The Morgan fingerprint density at radius 1 is 1.22 bits per heavy atom. The molecule has 0 aromatic heterocycles. The molecule has 128 valence electrons. The second-order valence-electron chi connectivity index (χ2n) is 5.44. The third-order valence-corrected chi connectivity index (χ3v) is 5.03. The fraction of sp³-hybridized carbons (Fsp3) is 0.533. The summed E-state index contributed by atoms with van der Waals surface area (Å²) in [4.78, 5) is 14.1. The summed E-state index contributed by atoms with van der Waals surface area (Å²) < 4.78 is 31.7. The van der Waals surface area contributed by atoms with Crippen LogP contribution in [-0.2, 0) is 19.6 Å². The van der Waals surface area contributed by atoms with Crippen molar-refractivity contribution in [2.45, 2.75) is 11.8 Å². The van der Waals surface area contributed by atoms with Crippen molar-refractivity contribution in [3.05, 3.63) is 29.8 Å². The molecule has 1 fully saturated rings. The van der Waals surface area contributed by atoms with Gasteiger partial charge in [-0.05, 0) is 19.1 Å². The van der Waals surface area contributed by atoms with Crippen molar-refractivity contribution >= 4 is 15.9 Å². The van der Waals surface area contributed by atoms with Gasteiger partial charge in [-0.2, -0.15) is 0 Å². The summed E-state index contributed by atoms with van der Waals surface area (Å²) in [5, 5.41) is 2.71. The van der Waals surface area contributed by atoms with Crippen LogP contribution in [0.15, 0.2) is 29.2 Å². The number of amides is 1. The van der Waals surface area contributed by atoms with Crippen molar-refractivity contribution < 1.29 is 17.9 Å². The van der Waals surface area contributed by atoms with Crippen molar-refractivity contribution in [1.29, 1.82) is 0 Å². The van der Waals surface area contributed by atoms with Gasteiger partial charge in [0.05, 0.1) is 24.7 Å². The van der Waals surface area contributed by atoms with E-state index in [1.165, 1.54) is 12.1 Å². The minimum Gasteiger partial charge on any atom is -0.379 e. The highest BCUT2D eigenvalue weighted by atomic mass is 32.2. The number of hydrogen-bond acceptors (Lipinski definition) is 5. The molecule has 1 amide bonds. The lowest BCUT2D eigenvalue weighted by molar-refractivity contribution is -0.120. The number of ether oxygens (including phenoxy) is 1. The number of hydrogen-bond donors (Lipinski definition) is 2. The van der Waals surface area contributed by atoms with Crippen molar-refractivity contribution in [1.82, 2.24) is 14.9 Å². The first-order valence-electron chi connectivity index (χ1n) is 7.60. The molecule has 2 N–H and O–H groups in total. The Hall–Kier alpha value is -1.48. The highest BCUT2D eigenvalue weighted by molar-refractivity contribution is 7.89. The largest absolute Gasteiger partial charge is 0.379 e. The minimum atomic E-state index is -3.66. The van der Waals surface area contributed by atoms with Gasteiger partial charge >= 0.3 is 0 Å². The molecular weight excluding hydrogens is 318 g/mol. The van der Waals surface area contributed by atoms with E-state index in [4.69, 9.17) is 4.74 Å². The molecule has 2 rings (SSSR count). The topological polar surface area (TPSA) is 87.7 Å².